The van der Waals surface area contributed by atoms with Crippen molar-refractivity contribution < 1.29 is 13.9 Å². The summed E-state index contributed by atoms with van der Waals surface area (Å²) < 4.78 is 18.5. The highest BCUT2D eigenvalue weighted by atomic mass is 19.1. The third-order valence-electron chi connectivity index (χ3n) is 2.85. The van der Waals surface area contributed by atoms with E-state index in [1.54, 1.807) is 31.3 Å². The van der Waals surface area contributed by atoms with E-state index in [-0.39, 0.29) is 5.56 Å². The minimum absolute atomic E-state index is 0.235. The maximum atomic E-state index is 13.3. The lowest BCUT2D eigenvalue weighted by atomic mass is 10.1. The van der Waals surface area contributed by atoms with Crippen LogP contribution in [-0.4, -0.2) is 20.1 Å². The number of carbonyl (C=O) groups is 1. The molecule has 0 bridgehead atoms. The van der Waals surface area contributed by atoms with Gasteiger partial charge in [0.2, 0.25) is 0 Å². The van der Waals surface area contributed by atoms with Crippen molar-refractivity contribution in [3.63, 3.8) is 0 Å². The molecule has 0 aromatic heterocycles. The maximum Gasteiger partial charge on any atom is 0.257 e. The molecule has 2 N–H and O–H groups in total. The average molecular weight is 274 g/mol. The summed E-state index contributed by atoms with van der Waals surface area (Å²) in [6, 6.07) is 11.0. The van der Waals surface area contributed by atoms with E-state index in [0.29, 0.717) is 17.1 Å². The Kier molecular flexibility index (Phi) is 4.20. The maximum absolute atomic E-state index is 13.3. The van der Waals surface area contributed by atoms with Gasteiger partial charge in [-0.25, -0.2) is 4.39 Å². The fraction of sp³-hybridized carbons (Fsp3) is 0.133. The summed E-state index contributed by atoms with van der Waals surface area (Å²) in [7, 11) is 3.19. The van der Waals surface area contributed by atoms with Crippen LogP contribution in [0.5, 0.6) is 5.75 Å². The van der Waals surface area contributed by atoms with Crippen LogP contribution in [-0.2, 0) is 0 Å². The van der Waals surface area contributed by atoms with Gasteiger partial charge in [-0.05, 0) is 30.3 Å². The first-order chi connectivity index (χ1) is 9.65. The van der Waals surface area contributed by atoms with Crippen molar-refractivity contribution in [2.45, 2.75) is 0 Å². The number of carbonyl (C=O) groups excluding carboxylic acids is 1. The lowest BCUT2D eigenvalue weighted by Crippen LogP contribution is -2.15. The molecule has 104 valence electrons. The van der Waals surface area contributed by atoms with Crippen molar-refractivity contribution in [3.8, 4) is 5.75 Å². The minimum Gasteiger partial charge on any atom is -0.495 e. The van der Waals surface area contributed by atoms with Crippen LogP contribution in [0.25, 0.3) is 0 Å². The normalized spacial score (nSPS) is 9.95. The summed E-state index contributed by atoms with van der Waals surface area (Å²) >= 11 is 0. The molecule has 0 unspecified atom stereocenters. The van der Waals surface area contributed by atoms with Crippen molar-refractivity contribution in [3.05, 3.63) is 53.8 Å². The topological polar surface area (TPSA) is 50.4 Å². The molecule has 0 aliphatic carbocycles. The van der Waals surface area contributed by atoms with E-state index >= 15 is 0 Å². The second-order valence-electron chi connectivity index (χ2n) is 4.09. The van der Waals surface area contributed by atoms with Gasteiger partial charge in [-0.1, -0.05) is 12.1 Å². The van der Waals surface area contributed by atoms with Gasteiger partial charge in [-0.15, -0.1) is 0 Å². The molecule has 5 heteroatoms. The number of nitrogens with one attached hydrogen (secondary N) is 2. The van der Waals surface area contributed by atoms with Gasteiger partial charge in [-0.2, -0.15) is 0 Å². The van der Waals surface area contributed by atoms with Crippen LogP contribution in [0.15, 0.2) is 42.5 Å². The Bertz CT molecular complexity index is 629. The number of hydrogen-bond donors (Lipinski definition) is 2. The Morgan fingerprint density at radius 1 is 1.15 bits per heavy atom. The number of amides is 1. The molecule has 2 aromatic rings. The SMILES string of the molecule is CNc1ccc(F)cc1C(=O)Nc1ccccc1OC. The van der Waals surface area contributed by atoms with Gasteiger partial charge in [0, 0.05) is 12.7 Å². The monoisotopic (exact) mass is 274 g/mol. The molecule has 1 amide bonds. The molecular formula is C15H15FN2O2. The van der Waals surface area contributed by atoms with Crippen LogP contribution in [0, 0.1) is 5.82 Å². The van der Waals surface area contributed by atoms with E-state index in [2.05, 4.69) is 10.6 Å². The molecule has 0 aliphatic rings. The molecule has 2 rings (SSSR count). The van der Waals surface area contributed by atoms with E-state index in [0.717, 1.165) is 0 Å². The first-order valence-electron chi connectivity index (χ1n) is 6.07. The van der Waals surface area contributed by atoms with Crippen molar-refractivity contribution in [1.29, 1.82) is 0 Å². The Morgan fingerprint density at radius 3 is 2.60 bits per heavy atom. The minimum atomic E-state index is -0.464. The summed E-state index contributed by atoms with van der Waals surface area (Å²) in [5.41, 5.74) is 1.32. The van der Waals surface area contributed by atoms with E-state index in [1.807, 2.05) is 0 Å². The van der Waals surface area contributed by atoms with Crippen molar-refractivity contribution >= 4 is 17.3 Å². The molecule has 0 saturated carbocycles. The summed E-state index contributed by atoms with van der Waals surface area (Å²) in [4.78, 5) is 12.2. The van der Waals surface area contributed by atoms with Gasteiger partial charge < -0.3 is 15.4 Å². The van der Waals surface area contributed by atoms with Crippen LogP contribution in [0.1, 0.15) is 10.4 Å². The van der Waals surface area contributed by atoms with Gasteiger partial charge in [0.05, 0.1) is 18.4 Å². The molecule has 0 aliphatic heterocycles. The molecule has 4 nitrogen and oxygen atoms in total. The zero-order valence-electron chi connectivity index (χ0n) is 11.2. The number of methoxy groups -OCH3 is 1. The summed E-state index contributed by atoms with van der Waals surface area (Å²) in [6.07, 6.45) is 0. The highest BCUT2D eigenvalue weighted by Gasteiger charge is 2.14. The highest BCUT2D eigenvalue weighted by molar-refractivity contribution is 6.08. The molecule has 0 fully saturated rings. The largest absolute Gasteiger partial charge is 0.495 e. The summed E-state index contributed by atoms with van der Waals surface area (Å²) in [6.45, 7) is 0. The number of ether oxygens (including phenoxy) is 1. The Morgan fingerprint density at radius 2 is 1.90 bits per heavy atom. The number of anilines is 2. The van der Waals surface area contributed by atoms with Gasteiger partial charge in [-0.3, -0.25) is 4.79 Å². The van der Waals surface area contributed by atoms with E-state index < -0.39 is 11.7 Å². The molecule has 2 aromatic carbocycles. The number of rotatable bonds is 4. The third kappa shape index (κ3) is 2.88. The Balaban J connectivity index is 2.30. The smallest absolute Gasteiger partial charge is 0.257 e. The Hall–Kier alpha value is -2.56. The van der Waals surface area contributed by atoms with E-state index in [9.17, 15) is 9.18 Å². The van der Waals surface area contributed by atoms with Crippen molar-refractivity contribution in [2.75, 3.05) is 24.8 Å². The van der Waals surface area contributed by atoms with E-state index in [4.69, 9.17) is 4.74 Å². The summed E-state index contributed by atoms with van der Waals surface area (Å²) in [5.74, 6) is -0.323. The van der Waals surface area contributed by atoms with Gasteiger partial charge in [0.25, 0.3) is 5.91 Å². The predicted molar refractivity (Wildman–Crippen MR) is 76.9 cm³/mol. The number of hydrogen-bond acceptors (Lipinski definition) is 3. The zero-order valence-corrected chi connectivity index (χ0v) is 11.2. The van der Waals surface area contributed by atoms with Crippen LogP contribution < -0.4 is 15.4 Å². The van der Waals surface area contributed by atoms with Crippen LogP contribution >= 0.6 is 0 Å². The average Bonchev–Trinajstić information content (AvgIpc) is 2.47. The molecular weight excluding hydrogens is 259 g/mol. The van der Waals surface area contributed by atoms with Gasteiger partial charge in [0.15, 0.2) is 0 Å². The van der Waals surface area contributed by atoms with Crippen LogP contribution in [0.3, 0.4) is 0 Å². The molecule has 0 radical (unpaired) electrons. The Labute approximate surface area is 116 Å². The first kappa shape index (κ1) is 13.9. The van der Waals surface area contributed by atoms with E-state index in [1.165, 1.54) is 25.3 Å². The molecule has 0 heterocycles. The standard InChI is InChI=1S/C15H15FN2O2/c1-17-12-8-7-10(16)9-11(12)15(19)18-13-5-3-4-6-14(13)20-2/h3-9,17H,1-2H3,(H,18,19). The van der Waals surface area contributed by atoms with Crippen LogP contribution in [0.4, 0.5) is 15.8 Å². The van der Waals surface area contributed by atoms with Gasteiger partial charge >= 0.3 is 0 Å². The van der Waals surface area contributed by atoms with Crippen LogP contribution in [0.2, 0.25) is 0 Å². The summed E-state index contributed by atoms with van der Waals surface area (Å²) in [5, 5.41) is 5.57. The first-order valence-corrected chi connectivity index (χ1v) is 6.07. The number of para-hydroxylation sites is 2. The zero-order chi connectivity index (χ0) is 14.5. The number of benzene rings is 2. The molecule has 0 saturated heterocycles. The second-order valence-corrected chi connectivity index (χ2v) is 4.09. The van der Waals surface area contributed by atoms with Crippen molar-refractivity contribution in [1.82, 2.24) is 0 Å². The molecule has 0 spiro atoms. The lowest BCUT2D eigenvalue weighted by Gasteiger charge is -2.12. The van der Waals surface area contributed by atoms with Crippen molar-refractivity contribution in [2.24, 2.45) is 0 Å². The quantitative estimate of drug-likeness (QED) is 0.900. The fourth-order valence-electron chi connectivity index (χ4n) is 1.86. The predicted octanol–water partition coefficient (Wildman–Crippen LogP) is 3.13. The lowest BCUT2D eigenvalue weighted by molar-refractivity contribution is 0.102. The third-order valence-corrected chi connectivity index (χ3v) is 2.85. The molecule has 20 heavy (non-hydrogen) atoms. The fourth-order valence-corrected chi connectivity index (χ4v) is 1.86. The van der Waals surface area contributed by atoms with Gasteiger partial charge in [0.1, 0.15) is 11.6 Å². The molecule has 0 atom stereocenters. The number of halogens is 1. The second kappa shape index (κ2) is 6.06. The highest BCUT2D eigenvalue weighted by Crippen LogP contribution is 2.25.